The van der Waals surface area contributed by atoms with Gasteiger partial charge in [-0.1, -0.05) is 11.6 Å². The van der Waals surface area contributed by atoms with Crippen molar-refractivity contribution in [1.82, 2.24) is 10.3 Å². The number of aromatic nitrogens is 1. The monoisotopic (exact) mass is 482 g/mol. The minimum absolute atomic E-state index is 0.0651. The first-order valence-electron chi connectivity index (χ1n) is 11.5. The highest BCUT2D eigenvalue weighted by Crippen LogP contribution is 2.41. The van der Waals surface area contributed by atoms with Crippen LogP contribution in [-0.4, -0.2) is 42.4 Å². The second-order valence-corrected chi connectivity index (χ2v) is 15.9. The standard InChI is InChI=1S/C24H39ClN2O4Si/c1-16-13-20(25)19(15-26-16)21(28)24(31-32(6,7)8)11-9-18(10-12-24)14-17(2)30-22(29)27-23(3,4)5/h13,15,17-18H,9-12,14H2,1-8H3,(H,27,29)/t17-,18?,24?/m0/s1. The lowest BCUT2D eigenvalue weighted by Gasteiger charge is -2.43. The van der Waals surface area contributed by atoms with E-state index < -0.39 is 20.0 Å². The van der Waals surface area contributed by atoms with Crippen LogP contribution in [0, 0.1) is 12.8 Å². The van der Waals surface area contributed by atoms with Crippen LogP contribution >= 0.6 is 11.6 Å². The van der Waals surface area contributed by atoms with Crippen LogP contribution in [0.1, 0.15) is 75.9 Å². The number of ketones is 1. The quantitative estimate of drug-likeness (QED) is 0.364. The van der Waals surface area contributed by atoms with E-state index in [9.17, 15) is 9.59 Å². The number of hydrogen-bond donors (Lipinski definition) is 1. The summed E-state index contributed by atoms with van der Waals surface area (Å²) in [6, 6.07) is 1.73. The van der Waals surface area contributed by atoms with Crippen LogP contribution in [0.15, 0.2) is 12.3 Å². The number of halogens is 1. The zero-order chi connectivity index (χ0) is 24.3. The number of nitrogens with zero attached hydrogens (tertiary/aromatic N) is 1. The van der Waals surface area contributed by atoms with E-state index in [4.69, 9.17) is 20.8 Å². The van der Waals surface area contributed by atoms with E-state index in [0.717, 1.165) is 25.0 Å². The normalized spacial score (nSPS) is 22.8. The Hall–Kier alpha value is -1.44. The van der Waals surface area contributed by atoms with E-state index in [2.05, 4.69) is 29.9 Å². The highest BCUT2D eigenvalue weighted by atomic mass is 35.5. The molecule has 8 heteroatoms. The maximum Gasteiger partial charge on any atom is 0.407 e. The third-order valence-electron chi connectivity index (χ3n) is 5.51. The largest absolute Gasteiger partial charge is 0.447 e. The van der Waals surface area contributed by atoms with Gasteiger partial charge in [0.05, 0.1) is 10.6 Å². The molecule has 0 aliphatic heterocycles. The van der Waals surface area contributed by atoms with Crippen molar-refractivity contribution in [1.29, 1.82) is 0 Å². The number of alkyl carbamates (subject to hydrolysis) is 1. The Bertz CT molecular complexity index is 824. The molecule has 1 aromatic heterocycles. The Balaban J connectivity index is 2.08. The van der Waals surface area contributed by atoms with Crippen molar-refractivity contribution in [2.45, 2.75) is 104 Å². The van der Waals surface area contributed by atoms with Crippen LogP contribution in [0.2, 0.25) is 24.7 Å². The maximum atomic E-state index is 13.6. The number of hydrogen-bond acceptors (Lipinski definition) is 5. The van der Waals surface area contributed by atoms with Crippen molar-refractivity contribution in [3.05, 3.63) is 28.5 Å². The molecule has 0 radical (unpaired) electrons. The number of rotatable bonds is 7. The van der Waals surface area contributed by atoms with Gasteiger partial charge in [0.25, 0.3) is 0 Å². The first-order valence-corrected chi connectivity index (χ1v) is 15.2. The Morgan fingerprint density at radius 1 is 1.28 bits per heavy atom. The van der Waals surface area contributed by atoms with E-state index in [1.54, 1.807) is 12.3 Å². The number of carbonyl (C=O) groups excluding carboxylic acids is 2. The van der Waals surface area contributed by atoms with Crippen molar-refractivity contribution >= 4 is 31.8 Å². The molecule has 0 bridgehead atoms. The number of ether oxygens (including phenoxy) is 1. The first-order chi connectivity index (χ1) is 14.6. The number of Topliss-reactive ketones (excluding diaryl/α,β-unsaturated/α-hetero) is 1. The lowest BCUT2D eigenvalue weighted by molar-refractivity contribution is 0.00761. The Labute approximate surface area is 198 Å². The van der Waals surface area contributed by atoms with Crippen molar-refractivity contribution in [2.24, 2.45) is 5.92 Å². The summed E-state index contributed by atoms with van der Waals surface area (Å²) in [5.41, 5.74) is 0.0152. The second kappa shape index (κ2) is 10.2. The fraction of sp³-hybridized carbons (Fsp3) is 0.708. The van der Waals surface area contributed by atoms with E-state index >= 15 is 0 Å². The average molecular weight is 483 g/mol. The van der Waals surface area contributed by atoms with Crippen LogP contribution in [0.5, 0.6) is 0 Å². The molecule has 1 heterocycles. The van der Waals surface area contributed by atoms with Gasteiger partial charge in [-0.3, -0.25) is 9.78 Å². The number of carbonyl (C=O) groups is 2. The SMILES string of the molecule is Cc1cc(Cl)c(C(=O)C2(O[Si](C)(C)C)CCC(C[C@H](C)OC(=O)NC(C)(C)C)CC2)cn1. The zero-order valence-electron chi connectivity index (χ0n) is 20.8. The summed E-state index contributed by atoms with van der Waals surface area (Å²) < 4.78 is 12.1. The molecular formula is C24H39ClN2O4Si. The summed E-state index contributed by atoms with van der Waals surface area (Å²) in [4.78, 5) is 30.0. The van der Waals surface area contributed by atoms with Crippen LogP contribution in [0.25, 0.3) is 0 Å². The molecule has 1 fully saturated rings. The molecule has 0 aromatic carbocycles. The number of aryl methyl sites for hydroxylation is 1. The third-order valence-corrected chi connectivity index (χ3v) is 6.83. The number of nitrogens with one attached hydrogen (secondary N) is 1. The molecule has 32 heavy (non-hydrogen) atoms. The van der Waals surface area contributed by atoms with Crippen molar-refractivity contribution in [3.8, 4) is 0 Å². The predicted octanol–water partition coefficient (Wildman–Crippen LogP) is 6.31. The molecular weight excluding hydrogens is 444 g/mol. The second-order valence-electron chi connectivity index (χ2n) is 11.1. The van der Waals surface area contributed by atoms with E-state index in [0.29, 0.717) is 29.3 Å². The van der Waals surface area contributed by atoms with Gasteiger partial charge >= 0.3 is 6.09 Å². The highest BCUT2D eigenvalue weighted by molar-refractivity contribution is 6.70. The highest BCUT2D eigenvalue weighted by Gasteiger charge is 2.46. The third kappa shape index (κ3) is 7.85. The molecule has 0 unspecified atom stereocenters. The molecule has 1 aliphatic carbocycles. The fourth-order valence-electron chi connectivity index (χ4n) is 4.32. The molecule has 2 rings (SSSR count). The zero-order valence-corrected chi connectivity index (χ0v) is 22.6. The maximum absolute atomic E-state index is 13.6. The van der Waals surface area contributed by atoms with Gasteiger partial charge in [0.1, 0.15) is 11.7 Å². The molecule has 1 amide bonds. The summed E-state index contributed by atoms with van der Waals surface area (Å²) in [5, 5.41) is 3.25. The Morgan fingerprint density at radius 3 is 2.38 bits per heavy atom. The van der Waals surface area contributed by atoms with Crippen LogP contribution in [0.4, 0.5) is 4.79 Å². The topological polar surface area (TPSA) is 77.5 Å². The first kappa shape index (κ1) is 26.8. The number of amides is 1. The smallest absolute Gasteiger partial charge is 0.407 e. The molecule has 1 N–H and O–H groups in total. The van der Waals surface area contributed by atoms with Crippen molar-refractivity contribution in [2.75, 3.05) is 0 Å². The molecule has 0 saturated heterocycles. The van der Waals surface area contributed by atoms with Crippen molar-refractivity contribution < 1.29 is 18.8 Å². The van der Waals surface area contributed by atoms with Gasteiger partial charge in [0.15, 0.2) is 14.1 Å². The molecule has 6 nitrogen and oxygen atoms in total. The molecule has 180 valence electrons. The number of pyridine rings is 1. The van der Waals surface area contributed by atoms with Gasteiger partial charge in [0, 0.05) is 17.4 Å². The summed E-state index contributed by atoms with van der Waals surface area (Å²) in [7, 11) is -2.00. The van der Waals surface area contributed by atoms with Crippen LogP contribution in [0.3, 0.4) is 0 Å². The summed E-state index contributed by atoms with van der Waals surface area (Å²) >= 11 is 6.41. The summed E-state index contributed by atoms with van der Waals surface area (Å²) in [6.45, 7) is 15.9. The van der Waals surface area contributed by atoms with Gasteiger partial charge in [-0.05, 0) is 98.3 Å². The minimum Gasteiger partial charge on any atom is -0.447 e. The summed E-state index contributed by atoms with van der Waals surface area (Å²) in [5.74, 6) is 0.301. The van der Waals surface area contributed by atoms with Crippen LogP contribution in [-0.2, 0) is 9.16 Å². The Morgan fingerprint density at radius 2 is 1.88 bits per heavy atom. The van der Waals surface area contributed by atoms with Gasteiger partial charge in [0.2, 0.25) is 0 Å². The molecule has 1 aliphatic rings. The molecule has 1 atom stereocenters. The van der Waals surface area contributed by atoms with E-state index in [1.165, 1.54) is 0 Å². The summed E-state index contributed by atoms with van der Waals surface area (Å²) in [6.07, 6.45) is 4.68. The lowest BCUT2D eigenvalue weighted by Crippen LogP contribution is -2.51. The van der Waals surface area contributed by atoms with Gasteiger partial charge in [-0.15, -0.1) is 0 Å². The van der Waals surface area contributed by atoms with Gasteiger partial charge in [-0.2, -0.15) is 0 Å². The fourth-order valence-corrected chi connectivity index (χ4v) is 6.08. The Kier molecular flexibility index (Phi) is 8.56. The van der Waals surface area contributed by atoms with Crippen LogP contribution < -0.4 is 5.32 Å². The van der Waals surface area contributed by atoms with Gasteiger partial charge in [-0.25, -0.2) is 4.79 Å². The lowest BCUT2D eigenvalue weighted by atomic mass is 9.74. The van der Waals surface area contributed by atoms with E-state index in [1.807, 2.05) is 34.6 Å². The van der Waals surface area contributed by atoms with E-state index in [-0.39, 0.29) is 17.4 Å². The molecule has 1 saturated carbocycles. The van der Waals surface area contributed by atoms with Crippen molar-refractivity contribution in [3.63, 3.8) is 0 Å². The predicted molar refractivity (Wildman–Crippen MR) is 131 cm³/mol. The average Bonchev–Trinajstić information content (AvgIpc) is 2.60. The molecule has 0 spiro atoms. The molecule has 1 aromatic rings. The van der Waals surface area contributed by atoms with Gasteiger partial charge < -0.3 is 14.5 Å². The minimum atomic E-state index is -2.00.